The van der Waals surface area contributed by atoms with Crippen LogP contribution in [0.2, 0.25) is 0 Å². The van der Waals surface area contributed by atoms with Crippen LogP contribution in [0.3, 0.4) is 0 Å². The lowest BCUT2D eigenvalue weighted by atomic mass is 10.0. The number of nitrogen functional groups attached to an aromatic ring is 1. The smallest absolute Gasteiger partial charge is 0.352 e. The molecule has 1 unspecified atom stereocenters. The molecule has 0 aliphatic carbocycles. The van der Waals surface area contributed by atoms with Crippen LogP contribution in [-0.2, 0) is 20.9 Å². The van der Waals surface area contributed by atoms with Crippen molar-refractivity contribution in [1.29, 1.82) is 0 Å². The number of hydrogen-bond donors (Lipinski definition) is 5. The van der Waals surface area contributed by atoms with E-state index >= 15 is 0 Å². The third-order valence-corrected chi connectivity index (χ3v) is 8.40. The number of oxime groups is 1. The fraction of sp³-hybridized carbons (Fsp3) is 0.263. The summed E-state index contributed by atoms with van der Waals surface area (Å²) in [7, 11) is 0. The van der Waals surface area contributed by atoms with Gasteiger partial charge in [0.25, 0.3) is 11.8 Å². The third kappa shape index (κ3) is 3.84. The molecule has 0 spiro atoms. The number of nitrogens with two attached hydrogens (primary N) is 1. The Labute approximate surface area is 204 Å². The molecule has 2 atom stereocenters. The van der Waals surface area contributed by atoms with E-state index in [1.807, 2.05) is 23.0 Å². The number of hydrogen-bond acceptors (Lipinski definition) is 11. The number of β-lactam (4-membered cyclic amide) rings is 1. The van der Waals surface area contributed by atoms with E-state index < -0.39 is 29.2 Å². The van der Waals surface area contributed by atoms with Crippen molar-refractivity contribution in [2.45, 2.75) is 22.9 Å². The van der Waals surface area contributed by atoms with Crippen molar-refractivity contribution in [2.75, 3.05) is 22.7 Å². The van der Waals surface area contributed by atoms with Crippen LogP contribution >= 0.6 is 34.9 Å². The van der Waals surface area contributed by atoms with E-state index in [0.717, 1.165) is 27.8 Å². The fourth-order valence-electron chi connectivity index (χ4n) is 3.91. The van der Waals surface area contributed by atoms with Crippen molar-refractivity contribution in [1.82, 2.24) is 15.2 Å². The van der Waals surface area contributed by atoms with Crippen LogP contribution in [-0.4, -0.2) is 66.7 Å². The van der Waals surface area contributed by atoms with Crippen LogP contribution in [0.25, 0.3) is 0 Å². The molecule has 1 saturated heterocycles. The van der Waals surface area contributed by atoms with Crippen molar-refractivity contribution < 1.29 is 29.3 Å². The van der Waals surface area contributed by atoms with Crippen LogP contribution < -0.4 is 20.9 Å². The maximum absolute atomic E-state index is 12.9. The Morgan fingerprint density at radius 3 is 2.97 bits per heavy atom. The summed E-state index contributed by atoms with van der Waals surface area (Å²) < 4.78 is 1.89. The van der Waals surface area contributed by atoms with Crippen molar-refractivity contribution in [3.8, 4) is 0 Å². The minimum Gasteiger partial charge on any atom is -0.477 e. The van der Waals surface area contributed by atoms with Crippen molar-refractivity contribution in [3.63, 3.8) is 0 Å². The molecule has 176 valence electrons. The molecule has 5 rings (SSSR count). The predicted octanol–water partition coefficient (Wildman–Crippen LogP) is 0.105. The lowest BCUT2D eigenvalue weighted by molar-refractivity contribution is -0.690. The summed E-state index contributed by atoms with van der Waals surface area (Å²) in [5.41, 5.74) is 6.83. The van der Waals surface area contributed by atoms with E-state index in [9.17, 15) is 24.7 Å². The number of amides is 2. The maximum Gasteiger partial charge on any atom is 0.352 e. The molecule has 2 aromatic heterocycles. The van der Waals surface area contributed by atoms with Gasteiger partial charge >= 0.3 is 5.97 Å². The third-order valence-electron chi connectivity index (χ3n) is 5.46. The van der Waals surface area contributed by atoms with E-state index in [-0.39, 0.29) is 22.2 Å². The highest BCUT2D eigenvalue weighted by Gasteiger charge is 2.54. The van der Waals surface area contributed by atoms with E-state index in [4.69, 9.17) is 5.73 Å². The second-order valence-electron chi connectivity index (χ2n) is 7.50. The van der Waals surface area contributed by atoms with E-state index in [0.29, 0.717) is 17.9 Å². The summed E-state index contributed by atoms with van der Waals surface area (Å²) in [5.74, 6) is -1.39. The van der Waals surface area contributed by atoms with Crippen LogP contribution in [0.15, 0.2) is 45.2 Å². The van der Waals surface area contributed by atoms with Gasteiger partial charge in [0, 0.05) is 22.8 Å². The summed E-state index contributed by atoms with van der Waals surface area (Å²) in [6, 6.07) is 0.974. The second kappa shape index (κ2) is 8.81. The van der Waals surface area contributed by atoms with E-state index in [1.54, 1.807) is 11.8 Å². The first-order valence-electron chi connectivity index (χ1n) is 9.91. The number of fused-ring (bicyclic) bond motifs is 2. The van der Waals surface area contributed by atoms with Gasteiger partial charge in [-0.05, 0) is 0 Å². The minimum absolute atomic E-state index is 0.0682. The van der Waals surface area contributed by atoms with Crippen LogP contribution in [0.5, 0.6) is 0 Å². The molecule has 0 saturated carbocycles. The molecule has 2 aromatic rings. The molecule has 0 radical (unpaired) electrons. The van der Waals surface area contributed by atoms with Gasteiger partial charge in [0.05, 0.1) is 16.5 Å². The van der Waals surface area contributed by atoms with Crippen molar-refractivity contribution >= 4 is 69.2 Å². The van der Waals surface area contributed by atoms with E-state index in [2.05, 4.69) is 20.8 Å². The second-order valence-corrected chi connectivity index (χ2v) is 10.5. The number of carbonyl (C=O) groups is 3. The molecule has 3 aliphatic rings. The number of rotatable bonds is 6. The number of pyridine rings is 1. The zero-order valence-electron chi connectivity index (χ0n) is 17.3. The first-order chi connectivity index (χ1) is 16.4. The molecule has 15 heteroatoms. The molecule has 12 nitrogen and oxygen atoms in total. The molecule has 1 fully saturated rings. The first kappa shape index (κ1) is 22.5. The number of thiazole rings is 1. The summed E-state index contributed by atoms with van der Waals surface area (Å²) in [6.07, 6.45) is 3.81. The number of carboxylic acids is 1. The normalized spacial score (nSPS) is 21.5. The summed E-state index contributed by atoms with van der Waals surface area (Å²) in [5, 5.41) is 29.0. The molecule has 0 aromatic carbocycles. The highest BCUT2D eigenvalue weighted by atomic mass is 32.2. The molecule has 3 aliphatic heterocycles. The van der Waals surface area contributed by atoms with Crippen molar-refractivity contribution in [2.24, 2.45) is 5.16 Å². The van der Waals surface area contributed by atoms with Gasteiger partial charge in [-0.3, -0.25) is 14.5 Å². The highest BCUT2D eigenvalue weighted by Crippen LogP contribution is 2.40. The number of aromatic nitrogens is 2. The first-order valence-corrected chi connectivity index (χ1v) is 12.8. The molecule has 0 bridgehead atoms. The number of aliphatic carboxylic acids is 1. The Bertz CT molecular complexity index is 1280. The Balaban J connectivity index is 1.34. The maximum atomic E-state index is 12.9. The Morgan fingerprint density at radius 1 is 1.44 bits per heavy atom. The lowest BCUT2D eigenvalue weighted by Gasteiger charge is -2.49. The molecule has 5 heterocycles. The molecular weight excluding hydrogens is 502 g/mol. The molecular formula is C19H18N7O5S3+. The lowest BCUT2D eigenvalue weighted by Crippen LogP contribution is -2.71. The average molecular weight is 521 g/mol. The average Bonchev–Trinajstić information content (AvgIpc) is 3.46. The van der Waals surface area contributed by atoms with Gasteiger partial charge in [-0.25, -0.2) is 9.78 Å². The van der Waals surface area contributed by atoms with Gasteiger partial charge in [0.2, 0.25) is 0 Å². The quantitative estimate of drug-likeness (QED) is 0.116. The van der Waals surface area contributed by atoms with E-state index in [1.165, 1.54) is 22.0 Å². The zero-order valence-corrected chi connectivity index (χ0v) is 19.7. The minimum atomic E-state index is -1.20. The molecule has 34 heavy (non-hydrogen) atoms. The number of nitrogens with zero attached hydrogens (tertiary/aromatic N) is 4. The summed E-state index contributed by atoms with van der Waals surface area (Å²) >= 11 is 4.09. The van der Waals surface area contributed by atoms with Gasteiger partial charge in [-0.1, -0.05) is 16.9 Å². The van der Waals surface area contributed by atoms with Crippen LogP contribution in [0, 0.1) is 0 Å². The largest absolute Gasteiger partial charge is 0.477 e. The van der Waals surface area contributed by atoms with Gasteiger partial charge < -0.3 is 26.7 Å². The van der Waals surface area contributed by atoms with Crippen molar-refractivity contribution in [3.05, 3.63) is 40.8 Å². The van der Waals surface area contributed by atoms with Gasteiger partial charge in [0.1, 0.15) is 22.8 Å². The summed E-state index contributed by atoms with van der Waals surface area (Å²) in [6.45, 7) is 0.322. The monoisotopic (exact) mass is 520 g/mol. The zero-order chi connectivity index (χ0) is 24.0. The van der Waals surface area contributed by atoms with Gasteiger partial charge in [-0.2, -0.15) is 4.57 Å². The van der Waals surface area contributed by atoms with Crippen LogP contribution in [0.4, 0.5) is 10.8 Å². The fourth-order valence-corrected chi connectivity index (χ4v) is 6.68. The standard InChI is InChI=1S/C19H17N7O5S3/c20-19-22-10(6-33-19)12(24-31)15(27)23-13-16(28)26-14(18(29)30)8(5-32-17(13)26)3-25-2-1-9-11(4-25)34-7-21-9/h1-2,4,6,13,17H,3,5,7H2,(H5,20,22,23,27,29,30,31)/p+1/t13?,17-/m1/s1. The summed E-state index contributed by atoms with van der Waals surface area (Å²) in [4.78, 5) is 43.8. The Morgan fingerprint density at radius 2 is 2.26 bits per heavy atom. The predicted molar refractivity (Wildman–Crippen MR) is 126 cm³/mol. The SMILES string of the molecule is Nc1nc(C(=NO)C(=O)NC2C(=O)N3C(C(=O)O)=C(C[n+]4ccc5c(c4)SCN5)CS[C@H]23)cs1. The number of thioether (sulfide) groups is 2. The van der Waals surface area contributed by atoms with Gasteiger partial charge in [0.15, 0.2) is 29.8 Å². The number of anilines is 2. The highest BCUT2D eigenvalue weighted by molar-refractivity contribution is 8.00. The number of carboxylic acid groups (broad SMARTS) is 1. The number of carbonyl (C=O) groups excluding carboxylic acids is 2. The Kier molecular flexibility index (Phi) is 5.83. The number of nitrogens with one attached hydrogen (secondary N) is 2. The van der Waals surface area contributed by atoms with Gasteiger partial charge in [-0.15, -0.1) is 23.1 Å². The van der Waals surface area contributed by atoms with Crippen LogP contribution in [0.1, 0.15) is 5.69 Å². The topological polar surface area (TPSA) is 174 Å². The molecule has 2 amide bonds. The molecule has 6 N–H and O–H groups in total. The Hall–Kier alpha value is -3.30.